The number of hydrogen-bond donors (Lipinski definition) is 1. The lowest BCUT2D eigenvalue weighted by Gasteiger charge is -2.25. The maximum atomic E-state index is 12.7. The van der Waals surface area contributed by atoms with Gasteiger partial charge >= 0.3 is 15.6 Å². The van der Waals surface area contributed by atoms with E-state index in [1.165, 1.54) is 12.1 Å². The van der Waals surface area contributed by atoms with Gasteiger partial charge in [0.15, 0.2) is 0 Å². The average molecular weight is 491 g/mol. The molecule has 1 aliphatic carbocycles. The fourth-order valence-corrected chi connectivity index (χ4v) is 4.30. The van der Waals surface area contributed by atoms with E-state index in [9.17, 15) is 21.6 Å². The summed E-state index contributed by atoms with van der Waals surface area (Å²) >= 11 is 0. The lowest BCUT2D eigenvalue weighted by Crippen LogP contribution is -2.28. The summed E-state index contributed by atoms with van der Waals surface area (Å²) in [6, 6.07) is 15.1. The van der Waals surface area contributed by atoms with Crippen LogP contribution in [0.15, 0.2) is 67.0 Å². The van der Waals surface area contributed by atoms with Crippen molar-refractivity contribution in [3.05, 3.63) is 89.2 Å². The van der Waals surface area contributed by atoms with Crippen molar-refractivity contribution in [2.75, 3.05) is 13.2 Å². The summed E-state index contributed by atoms with van der Waals surface area (Å²) in [5, 5.41) is 8.95. The molecule has 0 amide bonds. The van der Waals surface area contributed by atoms with Crippen molar-refractivity contribution in [1.82, 2.24) is 4.98 Å². The molecule has 1 heterocycles. The largest absolute Gasteiger partial charge is 0.534 e. The quantitative estimate of drug-likeness (QED) is 0.385. The summed E-state index contributed by atoms with van der Waals surface area (Å²) in [6.07, 6.45) is 4.42. The van der Waals surface area contributed by atoms with Crippen LogP contribution in [-0.2, 0) is 16.5 Å². The van der Waals surface area contributed by atoms with Crippen LogP contribution in [0.5, 0.6) is 11.5 Å². The van der Waals surface area contributed by atoms with E-state index in [4.69, 9.17) is 9.84 Å². The van der Waals surface area contributed by atoms with Gasteiger partial charge in [-0.15, -0.1) is 0 Å². The van der Waals surface area contributed by atoms with Crippen LogP contribution in [-0.4, -0.2) is 37.2 Å². The minimum absolute atomic E-state index is 0.110. The predicted octanol–water partition coefficient (Wildman–Crippen LogP) is 4.59. The average Bonchev–Trinajstić information content (AvgIpc) is 2.82. The van der Waals surface area contributed by atoms with Crippen molar-refractivity contribution in [2.45, 2.75) is 18.3 Å². The topological polar surface area (TPSA) is 85.7 Å². The Hall–Kier alpha value is -3.37. The summed E-state index contributed by atoms with van der Waals surface area (Å²) in [5.74, 6) is 0.191. The number of allylic oxidation sites excluding steroid dienone is 1. The third-order valence-electron chi connectivity index (χ3n) is 5.31. The summed E-state index contributed by atoms with van der Waals surface area (Å²) in [5.41, 5.74) is -0.386. The van der Waals surface area contributed by atoms with E-state index < -0.39 is 21.4 Å². The second-order valence-electron chi connectivity index (χ2n) is 7.49. The van der Waals surface area contributed by atoms with Crippen LogP contribution in [0.25, 0.3) is 11.1 Å². The zero-order valence-electron chi connectivity index (χ0n) is 17.7. The smallest absolute Gasteiger partial charge is 0.491 e. The minimum Gasteiger partial charge on any atom is -0.491 e. The normalized spacial score (nSPS) is 14.0. The van der Waals surface area contributed by atoms with Crippen molar-refractivity contribution in [1.29, 1.82) is 0 Å². The van der Waals surface area contributed by atoms with Gasteiger partial charge < -0.3 is 14.0 Å². The Bertz CT molecular complexity index is 1300. The Balaban J connectivity index is 1.78. The number of fused-ring (bicyclic) bond motifs is 1. The number of aryl methyl sites for hydroxylation is 1. The number of aliphatic hydroxyl groups excluding tert-OH is 1. The van der Waals surface area contributed by atoms with E-state index in [0.717, 1.165) is 27.8 Å². The Labute approximate surface area is 194 Å². The van der Waals surface area contributed by atoms with Gasteiger partial charge in [-0.2, -0.15) is 21.6 Å². The standard InChI is InChI=1S/C24H20F3NO5S/c25-24(26,27)34(30,31)33-20-6-8-22-18(15-20)3-7-21(16-9-11-28-12-10-16)23(22)17-1-4-19(5-2-17)32-14-13-29/h1-2,4-6,8-12,15,29H,3,7,13-14H2. The lowest BCUT2D eigenvalue weighted by molar-refractivity contribution is -0.0500. The van der Waals surface area contributed by atoms with Gasteiger partial charge in [0.25, 0.3) is 0 Å². The Kier molecular flexibility index (Phi) is 6.63. The van der Waals surface area contributed by atoms with Crippen LogP contribution in [0.2, 0.25) is 0 Å². The molecular weight excluding hydrogens is 471 g/mol. The molecule has 178 valence electrons. The van der Waals surface area contributed by atoms with Crippen molar-refractivity contribution >= 4 is 21.3 Å². The van der Waals surface area contributed by atoms with Gasteiger partial charge in [0.1, 0.15) is 18.1 Å². The van der Waals surface area contributed by atoms with Crippen molar-refractivity contribution in [3.63, 3.8) is 0 Å². The van der Waals surface area contributed by atoms with Gasteiger partial charge in [0.2, 0.25) is 0 Å². The fraction of sp³-hybridized carbons (Fsp3) is 0.208. The van der Waals surface area contributed by atoms with E-state index in [1.54, 1.807) is 30.6 Å². The highest BCUT2D eigenvalue weighted by Crippen LogP contribution is 2.42. The molecule has 0 radical (unpaired) electrons. The first kappa shape index (κ1) is 23.8. The van der Waals surface area contributed by atoms with Gasteiger partial charge in [-0.25, -0.2) is 0 Å². The molecule has 2 aromatic carbocycles. The van der Waals surface area contributed by atoms with Crippen LogP contribution in [0.1, 0.15) is 28.7 Å². The summed E-state index contributed by atoms with van der Waals surface area (Å²) < 4.78 is 70.8. The molecule has 0 spiro atoms. The number of hydrogen-bond acceptors (Lipinski definition) is 6. The number of nitrogens with zero attached hydrogens (tertiary/aromatic N) is 1. The predicted molar refractivity (Wildman–Crippen MR) is 120 cm³/mol. The second kappa shape index (κ2) is 9.47. The van der Waals surface area contributed by atoms with Crippen LogP contribution in [0.3, 0.4) is 0 Å². The van der Waals surface area contributed by atoms with E-state index in [-0.39, 0.29) is 13.2 Å². The van der Waals surface area contributed by atoms with Crippen molar-refractivity contribution in [3.8, 4) is 11.5 Å². The molecule has 6 nitrogen and oxygen atoms in total. The third-order valence-corrected chi connectivity index (χ3v) is 6.29. The van der Waals surface area contributed by atoms with Crippen molar-refractivity contribution in [2.24, 2.45) is 0 Å². The molecule has 0 unspecified atom stereocenters. The fourth-order valence-electron chi connectivity index (χ4n) is 3.85. The summed E-state index contributed by atoms with van der Waals surface area (Å²) in [7, 11) is -5.76. The SMILES string of the molecule is O=S(=O)(Oc1ccc2c(c1)CCC(c1ccncc1)=C2c1ccc(OCCO)cc1)C(F)(F)F. The molecule has 1 aliphatic rings. The Morgan fingerprint density at radius 3 is 2.24 bits per heavy atom. The number of alkyl halides is 3. The highest BCUT2D eigenvalue weighted by atomic mass is 32.2. The van der Waals surface area contributed by atoms with Gasteiger partial charge in [-0.3, -0.25) is 4.98 Å². The highest BCUT2D eigenvalue weighted by Gasteiger charge is 2.48. The molecular formula is C24H20F3NO5S. The highest BCUT2D eigenvalue weighted by molar-refractivity contribution is 7.88. The molecule has 0 aliphatic heterocycles. The van der Waals surface area contributed by atoms with Gasteiger partial charge in [0, 0.05) is 12.4 Å². The number of pyridine rings is 1. The lowest BCUT2D eigenvalue weighted by atomic mass is 9.80. The minimum atomic E-state index is -5.76. The number of benzene rings is 2. The van der Waals surface area contributed by atoms with Crippen LogP contribution >= 0.6 is 0 Å². The first-order valence-electron chi connectivity index (χ1n) is 10.3. The summed E-state index contributed by atoms with van der Waals surface area (Å²) in [4.78, 5) is 4.06. The maximum absolute atomic E-state index is 12.7. The van der Waals surface area contributed by atoms with E-state index in [2.05, 4.69) is 9.17 Å². The van der Waals surface area contributed by atoms with E-state index in [0.29, 0.717) is 24.2 Å². The van der Waals surface area contributed by atoms with Gasteiger partial charge in [-0.05, 0) is 82.6 Å². The zero-order chi connectivity index (χ0) is 24.3. The number of halogens is 3. The van der Waals surface area contributed by atoms with Crippen LogP contribution in [0, 0.1) is 0 Å². The first-order chi connectivity index (χ1) is 16.2. The van der Waals surface area contributed by atoms with Gasteiger partial charge in [-0.1, -0.05) is 18.2 Å². The molecule has 0 fully saturated rings. The third kappa shape index (κ3) is 4.92. The van der Waals surface area contributed by atoms with E-state index in [1.807, 2.05) is 24.3 Å². The number of aliphatic hydroxyl groups is 1. The van der Waals surface area contributed by atoms with E-state index >= 15 is 0 Å². The molecule has 0 bridgehead atoms. The molecule has 34 heavy (non-hydrogen) atoms. The molecule has 1 N–H and O–H groups in total. The maximum Gasteiger partial charge on any atom is 0.534 e. The molecule has 4 rings (SSSR count). The molecule has 1 aromatic heterocycles. The number of aromatic nitrogens is 1. The molecule has 0 saturated heterocycles. The molecule has 0 atom stereocenters. The second-order valence-corrected chi connectivity index (χ2v) is 9.03. The number of ether oxygens (including phenoxy) is 1. The van der Waals surface area contributed by atoms with Crippen molar-refractivity contribution < 1.29 is 35.6 Å². The first-order valence-corrected chi connectivity index (χ1v) is 11.7. The summed E-state index contributed by atoms with van der Waals surface area (Å²) in [6.45, 7) is 0.0533. The Morgan fingerprint density at radius 2 is 1.59 bits per heavy atom. The van der Waals surface area contributed by atoms with Gasteiger partial charge in [0.05, 0.1) is 6.61 Å². The van der Waals surface area contributed by atoms with Crippen LogP contribution in [0.4, 0.5) is 13.2 Å². The monoisotopic (exact) mass is 491 g/mol. The molecule has 0 saturated carbocycles. The Morgan fingerprint density at radius 1 is 0.912 bits per heavy atom. The van der Waals surface area contributed by atoms with Crippen LogP contribution < -0.4 is 8.92 Å². The number of rotatable bonds is 7. The molecule has 10 heteroatoms. The zero-order valence-corrected chi connectivity index (χ0v) is 18.6. The molecule has 3 aromatic rings.